The maximum Gasteiger partial charge on any atom is 0.150 e. The lowest BCUT2D eigenvalue weighted by atomic mass is 10.1. The molecule has 1 heterocycles. The Balaban J connectivity index is 1.79. The van der Waals surface area contributed by atoms with Gasteiger partial charge >= 0.3 is 0 Å². The van der Waals surface area contributed by atoms with E-state index in [4.69, 9.17) is 0 Å². The highest BCUT2D eigenvalue weighted by atomic mass is 32.2. The molecule has 0 N–H and O–H groups in total. The zero-order valence-electron chi connectivity index (χ0n) is 12.5. The van der Waals surface area contributed by atoms with E-state index in [-0.39, 0.29) is 0 Å². The number of hydrogen-bond acceptors (Lipinski definition) is 3. The molecule has 0 radical (unpaired) electrons. The summed E-state index contributed by atoms with van der Waals surface area (Å²) in [5, 5.41) is 0. The molecule has 1 aliphatic heterocycles. The van der Waals surface area contributed by atoms with E-state index in [0.717, 1.165) is 24.0 Å². The van der Waals surface area contributed by atoms with Gasteiger partial charge in [0.25, 0.3) is 0 Å². The van der Waals surface area contributed by atoms with Crippen LogP contribution < -0.4 is 4.90 Å². The highest BCUT2D eigenvalue weighted by Gasteiger charge is 2.22. The number of para-hydroxylation sites is 2. The van der Waals surface area contributed by atoms with Gasteiger partial charge in [-0.2, -0.15) is 0 Å². The van der Waals surface area contributed by atoms with Crippen molar-refractivity contribution in [2.45, 2.75) is 16.3 Å². The van der Waals surface area contributed by atoms with Gasteiger partial charge in [0, 0.05) is 21.9 Å². The molecule has 0 saturated heterocycles. The molecular weight excluding hydrogens is 302 g/mol. The van der Waals surface area contributed by atoms with E-state index < -0.39 is 0 Å². The largest absolute Gasteiger partial charge is 0.335 e. The Kier molecular flexibility index (Phi) is 3.64. The van der Waals surface area contributed by atoms with Crippen LogP contribution in [0.25, 0.3) is 0 Å². The van der Waals surface area contributed by atoms with Crippen molar-refractivity contribution in [2.24, 2.45) is 0 Å². The molecule has 23 heavy (non-hydrogen) atoms. The number of hydrogen-bond donors (Lipinski definition) is 0. The fourth-order valence-corrected chi connectivity index (χ4v) is 3.99. The third-order valence-corrected chi connectivity index (χ3v) is 5.09. The minimum atomic E-state index is 0.718. The van der Waals surface area contributed by atoms with Crippen molar-refractivity contribution < 1.29 is 4.79 Å². The predicted octanol–water partition coefficient (Wildman–Crippen LogP) is 5.30. The van der Waals surface area contributed by atoms with Crippen LogP contribution in [-0.4, -0.2) is 6.29 Å². The first-order chi connectivity index (χ1) is 11.3. The lowest BCUT2D eigenvalue weighted by Crippen LogP contribution is -2.20. The van der Waals surface area contributed by atoms with Gasteiger partial charge in [0.1, 0.15) is 6.29 Å². The van der Waals surface area contributed by atoms with Crippen molar-refractivity contribution in [1.29, 1.82) is 0 Å². The summed E-state index contributed by atoms with van der Waals surface area (Å²) in [6, 6.07) is 24.7. The monoisotopic (exact) mass is 317 g/mol. The van der Waals surface area contributed by atoms with Crippen LogP contribution in [0.2, 0.25) is 0 Å². The molecule has 0 aliphatic carbocycles. The fraction of sp³-hybridized carbons (Fsp3) is 0.0500. The maximum atomic E-state index is 11.0. The molecule has 0 aromatic heterocycles. The van der Waals surface area contributed by atoms with Gasteiger partial charge in [-0.05, 0) is 35.9 Å². The smallest absolute Gasteiger partial charge is 0.150 e. The molecule has 3 aromatic rings. The molecule has 0 atom stereocenters. The molecular formula is C20H15NOS. The predicted molar refractivity (Wildman–Crippen MR) is 94.7 cm³/mol. The van der Waals surface area contributed by atoms with E-state index in [9.17, 15) is 4.79 Å². The Bertz CT molecular complexity index is 829. The molecule has 0 amide bonds. The minimum Gasteiger partial charge on any atom is -0.335 e. The topological polar surface area (TPSA) is 20.3 Å². The number of anilines is 2. The lowest BCUT2D eigenvalue weighted by Gasteiger charge is -2.32. The summed E-state index contributed by atoms with van der Waals surface area (Å²) in [5.41, 5.74) is 4.28. The first-order valence-electron chi connectivity index (χ1n) is 7.53. The van der Waals surface area contributed by atoms with E-state index in [2.05, 4.69) is 59.5 Å². The second-order valence-corrected chi connectivity index (χ2v) is 6.57. The van der Waals surface area contributed by atoms with Crippen LogP contribution in [0.5, 0.6) is 0 Å². The number of carbonyl (C=O) groups excluding carboxylic acids is 1. The second kappa shape index (κ2) is 5.94. The Hall–Kier alpha value is -2.52. The Morgan fingerprint density at radius 1 is 0.826 bits per heavy atom. The normalized spacial score (nSPS) is 12.4. The summed E-state index contributed by atoms with van der Waals surface area (Å²) < 4.78 is 0. The first-order valence-corrected chi connectivity index (χ1v) is 8.34. The Labute approximate surface area is 139 Å². The van der Waals surface area contributed by atoms with Gasteiger partial charge in [-0.25, -0.2) is 0 Å². The summed E-state index contributed by atoms with van der Waals surface area (Å²) in [7, 11) is 0. The molecule has 3 heteroatoms. The fourth-order valence-electron chi connectivity index (χ4n) is 2.90. The third kappa shape index (κ3) is 2.64. The zero-order chi connectivity index (χ0) is 15.6. The van der Waals surface area contributed by atoms with Gasteiger partial charge in [0.05, 0.1) is 11.4 Å². The maximum absolute atomic E-state index is 11.0. The van der Waals surface area contributed by atoms with E-state index in [0.29, 0.717) is 0 Å². The molecule has 112 valence electrons. The van der Waals surface area contributed by atoms with Gasteiger partial charge in [0.15, 0.2) is 0 Å². The van der Waals surface area contributed by atoms with Crippen molar-refractivity contribution in [1.82, 2.24) is 0 Å². The molecule has 0 unspecified atom stereocenters. The van der Waals surface area contributed by atoms with Crippen LogP contribution >= 0.6 is 11.8 Å². The number of fused-ring (bicyclic) bond motifs is 2. The molecule has 0 spiro atoms. The molecule has 4 rings (SSSR count). The van der Waals surface area contributed by atoms with E-state index >= 15 is 0 Å². The van der Waals surface area contributed by atoms with Crippen LogP contribution in [-0.2, 0) is 6.54 Å². The van der Waals surface area contributed by atoms with Crippen LogP contribution in [0.15, 0.2) is 82.6 Å². The van der Waals surface area contributed by atoms with E-state index in [1.54, 1.807) is 11.8 Å². The van der Waals surface area contributed by atoms with Crippen LogP contribution in [0.3, 0.4) is 0 Å². The Morgan fingerprint density at radius 2 is 1.48 bits per heavy atom. The third-order valence-electron chi connectivity index (χ3n) is 3.96. The summed E-state index contributed by atoms with van der Waals surface area (Å²) in [6.45, 7) is 0.746. The minimum absolute atomic E-state index is 0.718. The summed E-state index contributed by atoms with van der Waals surface area (Å²) in [6.07, 6.45) is 0.900. The molecule has 0 bridgehead atoms. The average Bonchev–Trinajstić information content (AvgIpc) is 2.61. The number of aldehydes is 1. The Morgan fingerprint density at radius 3 is 2.13 bits per heavy atom. The van der Waals surface area contributed by atoms with Gasteiger partial charge in [-0.3, -0.25) is 4.79 Å². The standard InChI is InChI=1S/C20H15NOS/c22-14-16-7-5-6-15(12-16)13-21-17-8-1-3-10-19(17)23-20-11-4-2-9-18(20)21/h1-12,14H,13H2. The lowest BCUT2D eigenvalue weighted by molar-refractivity contribution is 0.112. The van der Waals surface area contributed by atoms with Gasteiger partial charge in [-0.1, -0.05) is 54.2 Å². The number of nitrogens with zero attached hydrogens (tertiary/aromatic N) is 1. The summed E-state index contributed by atoms with van der Waals surface area (Å²) >= 11 is 1.81. The van der Waals surface area contributed by atoms with Crippen molar-refractivity contribution in [2.75, 3.05) is 4.90 Å². The molecule has 0 fully saturated rings. The summed E-state index contributed by atoms with van der Waals surface area (Å²) in [5.74, 6) is 0. The van der Waals surface area contributed by atoms with Crippen LogP contribution in [0, 0.1) is 0 Å². The summed E-state index contributed by atoms with van der Waals surface area (Å²) in [4.78, 5) is 15.9. The van der Waals surface area contributed by atoms with Gasteiger partial charge in [-0.15, -0.1) is 0 Å². The van der Waals surface area contributed by atoms with E-state index in [1.807, 2.05) is 18.2 Å². The number of benzene rings is 3. The zero-order valence-corrected chi connectivity index (χ0v) is 13.3. The van der Waals surface area contributed by atoms with Gasteiger partial charge in [0.2, 0.25) is 0 Å². The SMILES string of the molecule is O=Cc1cccc(CN2c3ccccc3Sc3ccccc32)c1. The van der Waals surface area contributed by atoms with Crippen molar-refractivity contribution >= 4 is 29.4 Å². The second-order valence-electron chi connectivity index (χ2n) is 5.49. The van der Waals surface area contributed by atoms with Crippen molar-refractivity contribution in [3.8, 4) is 0 Å². The van der Waals surface area contributed by atoms with Crippen molar-refractivity contribution in [3.05, 3.63) is 83.9 Å². The quantitative estimate of drug-likeness (QED) is 0.611. The molecule has 0 saturated carbocycles. The number of carbonyl (C=O) groups is 1. The van der Waals surface area contributed by atoms with E-state index in [1.165, 1.54) is 21.2 Å². The van der Waals surface area contributed by atoms with Crippen molar-refractivity contribution in [3.63, 3.8) is 0 Å². The number of rotatable bonds is 3. The van der Waals surface area contributed by atoms with Crippen LogP contribution in [0.1, 0.15) is 15.9 Å². The highest BCUT2D eigenvalue weighted by molar-refractivity contribution is 7.99. The average molecular weight is 317 g/mol. The first kappa shape index (κ1) is 14.1. The highest BCUT2D eigenvalue weighted by Crippen LogP contribution is 2.48. The van der Waals surface area contributed by atoms with Gasteiger partial charge < -0.3 is 4.90 Å². The molecule has 3 aromatic carbocycles. The molecule has 1 aliphatic rings. The van der Waals surface area contributed by atoms with Crippen LogP contribution in [0.4, 0.5) is 11.4 Å². The molecule has 2 nitrogen and oxygen atoms in total.